The second kappa shape index (κ2) is 6.09. The molecule has 26 heavy (non-hydrogen) atoms. The van der Waals surface area contributed by atoms with E-state index in [0.717, 1.165) is 22.9 Å². The van der Waals surface area contributed by atoms with Crippen LogP contribution in [-0.4, -0.2) is 42.4 Å². The fourth-order valence-electron chi connectivity index (χ4n) is 2.42. The van der Waals surface area contributed by atoms with Crippen LogP contribution < -0.4 is 13.8 Å². The molecule has 1 fully saturated rings. The van der Waals surface area contributed by atoms with Gasteiger partial charge < -0.3 is 9.84 Å². The molecule has 0 aliphatic carbocycles. The van der Waals surface area contributed by atoms with Gasteiger partial charge in [0, 0.05) is 18.7 Å². The normalized spacial score (nSPS) is 16.2. The van der Waals surface area contributed by atoms with Crippen molar-refractivity contribution in [1.29, 1.82) is 0 Å². The van der Waals surface area contributed by atoms with Gasteiger partial charge in [-0.15, -0.1) is 0 Å². The van der Waals surface area contributed by atoms with E-state index in [2.05, 4.69) is 9.84 Å². The lowest BCUT2D eigenvalue weighted by Crippen LogP contribution is -2.30. The molecule has 0 radical (unpaired) electrons. The Bertz CT molecular complexity index is 992. The summed E-state index contributed by atoms with van der Waals surface area (Å²) in [5.74, 6) is -3.19. The maximum absolute atomic E-state index is 14.9. The van der Waals surface area contributed by atoms with Crippen LogP contribution in [0, 0.1) is 5.82 Å². The maximum atomic E-state index is 14.9. The number of aromatic hydroxyl groups is 1. The third kappa shape index (κ3) is 3.00. The van der Waals surface area contributed by atoms with Crippen LogP contribution in [0.25, 0.3) is 11.3 Å². The fourth-order valence-corrected chi connectivity index (χ4v) is 3.58. The first-order valence-corrected chi connectivity index (χ1v) is 8.38. The Labute approximate surface area is 144 Å². The van der Waals surface area contributed by atoms with Crippen molar-refractivity contribution in [3.05, 3.63) is 24.0 Å². The molecule has 1 aliphatic rings. The number of nitrogens with zero attached hydrogens (tertiary/aromatic N) is 3. The highest BCUT2D eigenvalue weighted by atomic mass is 32.2. The molecular weight excluding hydrogens is 381 g/mol. The van der Waals surface area contributed by atoms with Crippen molar-refractivity contribution in [1.82, 2.24) is 14.5 Å². The van der Waals surface area contributed by atoms with Gasteiger partial charge in [-0.25, -0.2) is 18.1 Å². The van der Waals surface area contributed by atoms with Crippen molar-refractivity contribution >= 4 is 21.8 Å². The summed E-state index contributed by atoms with van der Waals surface area (Å²) in [6, 6.07) is 3.10. The molecule has 1 aromatic carbocycles. The van der Waals surface area contributed by atoms with E-state index in [1.54, 1.807) is 4.72 Å². The first-order chi connectivity index (χ1) is 12.1. The fraction of sp³-hybridized carbons (Fsp3) is 0.231. The molecule has 140 valence electrons. The molecule has 9 nitrogen and oxygen atoms in total. The molecule has 2 aromatic rings. The van der Waals surface area contributed by atoms with E-state index in [9.17, 15) is 31.5 Å². The summed E-state index contributed by atoms with van der Waals surface area (Å²) in [4.78, 5) is 11.3. The van der Waals surface area contributed by atoms with Crippen LogP contribution in [0.5, 0.6) is 11.6 Å². The number of phenols is 1. The van der Waals surface area contributed by atoms with Gasteiger partial charge in [-0.2, -0.15) is 22.3 Å². The van der Waals surface area contributed by atoms with Gasteiger partial charge in [0.05, 0.1) is 5.69 Å². The number of halogens is 3. The Morgan fingerprint density at radius 2 is 2.08 bits per heavy atom. The average Bonchev–Trinajstić information content (AvgIpc) is 2.98. The summed E-state index contributed by atoms with van der Waals surface area (Å²) in [5, 5.41) is 13.7. The lowest BCUT2D eigenvalue weighted by Gasteiger charge is -2.18. The molecule has 2 N–H and O–H groups in total. The SMILES string of the molecule is Cn1nc(-c2ccc(O)c(N3CC(=O)NS3(=O)=O)c2F)cc1OC(F)F. The van der Waals surface area contributed by atoms with Gasteiger partial charge in [-0.05, 0) is 12.1 Å². The van der Waals surface area contributed by atoms with Crippen LogP contribution in [0.15, 0.2) is 18.2 Å². The molecule has 1 saturated heterocycles. The van der Waals surface area contributed by atoms with E-state index in [0.29, 0.717) is 4.31 Å². The van der Waals surface area contributed by atoms with Crippen LogP contribution in [0.4, 0.5) is 18.9 Å². The first kappa shape index (κ1) is 17.8. The van der Waals surface area contributed by atoms with Gasteiger partial charge in [-0.1, -0.05) is 0 Å². The average molecular weight is 392 g/mol. The number of anilines is 1. The van der Waals surface area contributed by atoms with Crippen molar-refractivity contribution in [2.45, 2.75) is 6.61 Å². The zero-order valence-corrected chi connectivity index (χ0v) is 13.8. The standard InChI is InChI=1S/C13H11F3N4O5S/c1-19-10(25-13(15)16)4-7(17-19)6-2-3-8(21)12(11(6)14)20-5-9(22)18-26(20,23)24/h2-4,13,21H,5H2,1H3,(H,18,22). The van der Waals surface area contributed by atoms with Crippen LogP contribution in [0.1, 0.15) is 0 Å². The number of ether oxygens (including phenoxy) is 1. The van der Waals surface area contributed by atoms with Crippen LogP contribution in [-0.2, 0) is 22.1 Å². The van der Waals surface area contributed by atoms with Crippen molar-refractivity contribution in [2.24, 2.45) is 7.05 Å². The summed E-state index contributed by atoms with van der Waals surface area (Å²) in [6.07, 6.45) is 0. The Hall–Kier alpha value is -2.96. The molecule has 1 aliphatic heterocycles. The number of alkyl halides is 2. The first-order valence-electron chi connectivity index (χ1n) is 6.94. The van der Waals surface area contributed by atoms with Crippen molar-refractivity contribution in [2.75, 3.05) is 10.8 Å². The summed E-state index contributed by atoms with van der Waals surface area (Å²) >= 11 is 0. The number of carbonyl (C=O) groups is 1. The van der Waals surface area contributed by atoms with E-state index in [1.165, 1.54) is 7.05 Å². The van der Waals surface area contributed by atoms with Gasteiger partial charge in [0.25, 0.3) is 5.91 Å². The van der Waals surface area contributed by atoms with E-state index >= 15 is 0 Å². The number of hydrogen-bond donors (Lipinski definition) is 2. The number of amides is 1. The highest BCUT2D eigenvalue weighted by Gasteiger charge is 2.38. The van der Waals surface area contributed by atoms with Crippen molar-refractivity contribution < 1.29 is 36.2 Å². The molecule has 13 heteroatoms. The molecule has 2 heterocycles. The number of benzene rings is 1. The predicted molar refractivity (Wildman–Crippen MR) is 81.3 cm³/mol. The topological polar surface area (TPSA) is 114 Å². The van der Waals surface area contributed by atoms with Gasteiger partial charge >= 0.3 is 16.8 Å². The third-order valence-corrected chi connectivity index (χ3v) is 4.86. The number of aromatic nitrogens is 2. The smallest absolute Gasteiger partial charge is 0.388 e. The third-order valence-electron chi connectivity index (χ3n) is 3.49. The van der Waals surface area contributed by atoms with Crippen molar-refractivity contribution in [3.8, 4) is 22.9 Å². The molecule has 0 atom stereocenters. The van der Waals surface area contributed by atoms with E-state index in [-0.39, 0.29) is 17.1 Å². The minimum absolute atomic E-state index is 0.141. The minimum Gasteiger partial charge on any atom is -0.506 e. The van der Waals surface area contributed by atoms with Gasteiger partial charge in [0.1, 0.15) is 18.0 Å². The second-order valence-electron chi connectivity index (χ2n) is 5.20. The Morgan fingerprint density at radius 3 is 2.65 bits per heavy atom. The van der Waals surface area contributed by atoms with E-state index in [1.807, 2.05) is 0 Å². The second-order valence-corrected chi connectivity index (χ2v) is 6.80. The molecule has 0 bridgehead atoms. The Balaban J connectivity index is 2.11. The van der Waals surface area contributed by atoms with Crippen molar-refractivity contribution in [3.63, 3.8) is 0 Å². The lowest BCUT2D eigenvalue weighted by atomic mass is 10.1. The molecule has 0 spiro atoms. The highest BCUT2D eigenvalue weighted by molar-refractivity contribution is 7.92. The van der Waals surface area contributed by atoms with E-state index in [4.69, 9.17) is 0 Å². The largest absolute Gasteiger partial charge is 0.506 e. The number of hydrogen-bond acceptors (Lipinski definition) is 6. The molecule has 3 rings (SSSR count). The van der Waals surface area contributed by atoms with Crippen LogP contribution >= 0.6 is 0 Å². The van der Waals surface area contributed by atoms with Crippen LogP contribution in [0.3, 0.4) is 0 Å². The monoisotopic (exact) mass is 392 g/mol. The quantitative estimate of drug-likeness (QED) is 0.793. The number of aryl methyl sites for hydroxylation is 1. The Kier molecular flexibility index (Phi) is 4.18. The van der Waals surface area contributed by atoms with Gasteiger partial charge in [0.2, 0.25) is 5.88 Å². The van der Waals surface area contributed by atoms with Gasteiger partial charge in [0.15, 0.2) is 5.82 Å². The summed E-state index contributed by atoms with van der Waals surface area (Å²) < 4.78 is 70.6. The van der Waals surface area contributed by atoms with E-state index < -0.39 is 46.5 Å². The molecule has 0 saturated carbocycles. The lowest BCUT2D eigenvalue weighted by molar-refractivity contribution is -0.117. The highest BCUT2D eigenvalue weighted by Crippen LogP contribution is 2.39. The summed E-state index contributed by atoms with van der Waals surface area (Å²) in [7, 11) is -3.08. The van der Waals surface area contributed by atoms with Crippen LogP contribution in [0.2, 0.25) is 0 Å². The zero-order chi connectivity index (χ0) is 19.2. The predicted octanol–water partition coefficient (Wildman–Crippen LogP) is 0.714. The summed E-state index contributed by atoms with van der Waals surface area (Å²) in [5.41, 5.74) is -1.19. The Morgan fingerprint density at radius 1 is 1.38 bits per heavy atom. The molecular formula is C13H11F3N4O5S. The number of rotatable bonds is 4. The van der Waals surface area contributed by atoms with Gasteiger partial charge in [-0.3, -0.25) is 4.79 Å². The number of carbonyl (C=O) groups excluding carboxylic acids is 1. The minimum atomic E-state index is -4.37. The number of nitrogens with one attached hydrogen (secondary N) is 1. The maximum Gasteiger partial charge on any atom is 0.388 e. The molecule has 1 aromatic heterocycles. The number of phenolic OH excluding ortho intramolecular Hbond substituents is 1. The summed E-state index contributed by atoms with van der Waals surface area (Å²) in [6.45, 7) is -3.84. The zero-order valence-electron chi connectivity index (χ0n) is 13.0. The molecule has 0 unspecified atom stereocenters. The molecule has 1 amide bonds.